The third kappa shape index (κ3) is 3.79. The van der Waals surface area contributed by atoms with Gasteiger partial charge in [0.2, 0.25) is 5.91 Å². The first kappa shape index (κ1) is 15.7. The van der Waals surface area contributed by atoms with E-state index in [1.54, 1.807) is 6.07 Å². The molecule has 1 aliphatic heterocycles. The van der Waals surface area contributed by atoms with Crippen LogP contribution in [0.5, 0.6) is 0 Å². The SMILES string of the molecule is Cc1ccc(C2CCCN2C(=O)CCc2cccc(F)c2)cc1. The van der Waals surface area contributed by atoms with Crippen molar-refractivity contribution in [2.75, 3.05) is 6.54 Å². The van der Waals surface area contributed by atoms with Gasteiger partial charge in [-0.25, -0.2) is 4.39 Å². The van der Waals surface area contributed by atoms with Crippen LogP contribution in [0.2, 0.25) is 0 Å². The van der Waals surface area contributed by atoms with Crippen molar-refractivity contribution in [1.29, 1.82) is 0 Å². The third-order valence-corrected chi connectivity index (χ3v) is 4.55. The molecule has 1 amide bonds. The Morgan fingerprint density at radius 1 is 1.22 bits per heavy atom. The summed E-state index contributed by atoms with van der Waals surface area (Å²) in [6.45, 7) is 2.89. The van der Waals surface area contributed by atoms with Crippen molar-refractivity contribution in [3.05, 3.63) is 71.0 Å². The van der Waals surface area contributed by atoms with Crippen LogP contribution in [0.4, 0.5) is 4.39 Å². The molecule has 0 aromatic heterocycles. The molecule has 1 aliphatic rings. The van der Waals surface area contributed by atoms with Crippen LogP contribution in [0.1, 0.15) is 42.0 Å². The van der Waals surface area contributed by atoms with Crippen LogP contribution in [-0.4, -0.2) is 17.4 Å². The lowest BCUT2D eigenvalue weighted by molar-refractivity contribution is -0.132. The number of amides is 1. The topological polar surface area (TPSA) is 20.3 Å². The minimum atomic E-state index is -0.242. The number of hydrogen-bond donors (Lipinski definition) is 0. The highest BCUT2D eigenvalue weighted by Gasteiger charge is 2.29. The van der Waals surface area contributed by atoms with Crippen molar-refractivity contribution in [2.45, 2.75) is 38.6 Å². The number of halogens is 1. The highest BCUT2D eigenvalue weighted by atomic mass is 19.1. The van der Waals surface area contributed by atoms with Gasteiger partial charge in [-0.2, -0.15) is 0 Å². The summed E-state index contributed by atoms with van der Waals surface area (Å²) in [5.41, 5.74) is 3.33. The van der Waals surface area contributed by atoms with Crippen LogP contribution in [0.15, 0.2) is 48.5 Å². The second-order valence-electron chi connectivity index (χ2n) is 6.29. The fourth-order valence-corrected chi connectivity index (χ4v) is 3.29. The van der Waals surface area contributed by atoms with Crippen LogP contribution in [0.3, 0.4) is 0 Å². The molecule has 0 aliphatic carbocycles. The summed E-state index contributed by atoms with van der Waals surface area (Å²) < 4.78 is 13.2. The molecule has 3 rings (SSSR count). The maximum atomic E-state index is 13.2. The minimum Gasteiger partial charge on any atom is -0.336 e. The molecular formula is C20H22FNO. The van der Waals surface area contributed by atoms with E-state index in [4.69, 9.17) is 0 Å². The lowest BCUT2D eigenvalue weighted by Gasteiger charge is -2.25. The molecule has 0 saturated carbocycles. The first-order valence-electron chi connectivity index (χ1n) is 8.24. The zero-order valence-electron chi connectivity index (χ0n) is 13.5. The van der Waals surface area contributed by atoms with Gasteiger partial charge in [0.05, 0.1) is 6.04 Å². The normalized spacial score (nSPS) is 17.5. The largest absolute Gasteiger partial charge is 0.336 e. The fourth-order valence-electron chi connectivity index (χ4n) is 3.29. The summed E-state index contributed by atoms with van der Waals surface area (Å²) in [6.07, 6.45) is 3.10. The summed E-state index contributed by atoms with van der Waals surface area (Å²) in [7, 11) is 0. The smallest absolute Gasteiger partial charge is 0.223 e. The highest BCUT2D eigenvalue weighted by Crippen LogP contribution is 2.32. The predicted molar refractivity (Wildman–Crippen MR) is 89.6 cm³/mol. The summed E-state index contributed by atoms with van der Waals surface area (Å²) in [5, 5.41) is 0. The molecule has 1 fully saturated rings. The van der Waals surface area contributed by atoms with Gasteiger partial charge in [-0.3, -0.25) is 4.79 Å². The van der Waals surface area contributed by atoms with Crippen molar-refractivity contribution in [2.24, 2.45) is 0 Å². The molecule has 1 saturated heterocycles. The Morgan fingerprint density at radius 2 is 2.00 bits per heavy atom. The molecule has 2 aromatic rings. The van der Waals surface area contributed by atoms with Gasteiger partial charge in [-0.05, 0) is 49.4 Å². The van der Waals surface area contributed by atoms with Gasteiger partial charge >= 0.3 is 0 Å². The van der Waals surface area contributed by atoms with Gasteiger partial charge in [-0.15, -0.1) is 0 Å². The number of aryl methyl sites for hydroxylation is 2. The molecule has 0 spiro atoms. The number of rotatable bonds is 4. The van der Waals surface area contributed by atoms with Gasteiger partial charge in [0.25, 0.3) is 0 Å². The maximum Gasteiger partial charge on any atom is 0.223 e. The molecule has 2 nitrogen and oxygen atoms in total. The minimum absolute atomic E-state index is 0.164. The van der Waals surface area contributed by atoms with Gasteiger partial charge in [-0.1, -0.05) is 42.0 Å². The lowest BCUT2D eigenvalue weighted by atomic mass is 10.0. The highest BCUT2D eigenvalue weighted by molar-refractivity contribution is 5.77. The molecule has 0 N–H and O–H groups in total. The van der Waals surface area contributed by atoms with E-state index in [1.807, 2.05) is 11.0 Å². The van der Waals surface area contributed by atoms with E-state index in [-0.39, 0.29) is 17.8 Å². The van der Waals surface area contributed by atoms with Gasteiger partial charge in [0, 0.05) is 13.0 Å². The second kappa shape index (κ2) is 6.95. The molecular weight excluding hydrogens is 289 g/mol. The van der Waals surface area contributed by atoms with Crippen LogP contribution < -0.4 is 0 Å². The Bertz CT molecular complexity index is 680. The molecule has 120 valence electrons. The molecule has 2 aromatic carbocycles. The van der Waals surface area contributed by atoms with Crippen molar-refractivity contribution >= 4 is 5.91 Å². The average molecular weight is 311 g/mol. The van der Waals surface area contributed by atoms with E-state index in [9.17, 15) is 9.18 Å². The Morgan fingerprint density at radius 3 is 2.74 bits per heavy atom. The van der Waals surface area contributed by atoms with E-state index in [2.05, 4.69) is 31.2 Å². The van der Waals surface area contributed by atoms with E-state index < -0.39 is 0 Å². The Labute approximate surface area is 136 Å². The van der Waals surface area contributed by atoms with Crippen LogP contribution >= 0.6 is 0 Å². The van der Waals surface area contributed by atoms with Gasteiger partial charge < -0.3 is 4.90 Å². The zero-order chi connectivity index (χ0) is 16.2. The molecule has 1 heterocycles. The second-order valence-corrected chi connectivity index (χ2v) is 6.29. The molecule has 0 radical (unpaired) electrons. The van der Waals surface area contributed by atoms with Crippen molar-refractivity contribution in [3.8, 4) is 0 Å². The van der Waals surface area contributed by atoms with Crippen LogP contribution in [0, 0.1) is 12.7 Å². The lowest BCUT2D eigenvalue weighted by Crippen LogP contribution is -2.30. The number of benzene rings is 2. The first-order chi connectivity index (χ1) is 11.1. The quantitative estimate of drug-likeness (QED) is 0.818. The Balaban J connectivity index is 1.65. The first-order valence-corrected chi connectivity index (χ1v) is 8.24. The molecule has 1 unspecified atom stereocenters. The third-order valence-electron chi connectivity index (χ3n) is 4.55. The van der Waals surface area contributed by atoms with Gasteiger partial charge in [0.1, 0.15) is 5.82 Å². The zero-order valence-corrected chi connectivity index (χ0v) is 13.5. The monoisotopic (exact) mass is 311 g/mol. The molecule has 1 atom stereocenters. The summed E-state index contributed by atoms with van der Waals surface area (Å²) in [6, 6.07) is 15.1. The maximum absolute atomic E-state index is 13.2. The summed E-state index contributed by atoms with van der Waals surface area (Å²) >= 11 is 0. The van der Waals surface area contributed by atoms with E-state index >= 15 is 0 Å². The number of hydrogen-bond acceptors (Lipinski definition) is 1. The van der Waals surface area contributed by atoms with E-state index in [0.717, 1.165) is 24.9 Å². The predicted octanol–water partition coefficient (Wildman–Crippen LogP) is 4.43. The molecule has 23 heavy (non-hydrogen) atoms. The van der Waals surface area contributed by atoms with Crippen molar-refractivity contribution in [3.63, 3.8) is 0 Å². The van der Waals surface area contributed by atoms with E-state index in [1.165, 1.54) is 23.3 Å². The summed E-state index contributed by atoms with van der Waals surface area (Å²) in [4.78, 5) is 14.6. The summed E-state index contributed by atoms with van der Waals surface area (Å²) in [5.74, 6) is -0.0778. The van der Waals surface area contributed by atoms with Crippen LogP contribution in [-0.2, 0) is 11.2 Å². The number of likely N-dealkylation sites (tertiary alicyclic amines) is 1. The van der Waals surface area contributed by atoms with Gasteiger partial charge in [0.15, 0.2) is 0 Å². The number of nitrogens with zero attached hydrogens (tertiary/aromatic N) is 1. The standard InChI is InChI=1S/C20H22FNO/c1-15-7-10-17(11-8-15)19-6-3-13-22(19)20(23)12-9-16-4-2-5-18(21)14-16/h2,4-5,7-8,10-11,14,19H,3,6,9,12-13H2,1H3. The van der Waals surface area contributed by atoms with Crippen molar-refractivity contribution in [1.82, 2.24) is 4.90 Å². The fraction of sp³-hybridized carbons (Fsp3) is 0.350. The van der Waals surface area contributed by atoms with E-state index in [0.29, 0.717) is 12.8 Å². The molecule has 3 heteroatoms. The Kier molecular flexibility index (Phi) is 4.75. The Hall–Kier alpha value is -2.16. The number of carbonyl (C=O) groups is 1. The van der Waals surface area contributed by atoms with Crippen LogP contribution in [0.25, 0.3) is 0 Å². The average Bonchev–Trinajstić information content (AvgIpc) is 3.03. The van der Waals surface area contributed by atoms with Crippen molar-refractivity contribution < 1.29 is 9.18 Å². The molecule has 0 bridgehead atoms. The number of carbonyl (C=O) groups excluding carboxylic acids is 1.